The number of allylic oxidation sites excluding steroid dienone is 2. The number of anilines is 1. The summed E-state index contributed by atoms with van der Waals surface area (Å²) in [6.45, 7) is 9.78. The molecule has 1 atom stereocenters. The molecule has 0 unspecified atom stereocenters. The largest absolute Gasteiger partial charge is 0.384 e. The highest BCUT2D eigenvalue weighted by Crippen LogP contribution is 2.39. The van der Waals surface area contributed by atoms with E-state index in [4.69, 9.17) is 4.99 Å². The van der Waals surface area contributed by atoms with E-state index < -0.39 is 0 Å². The first-order valence-corrected chi connectivity index (χ1v) is 9.12. The SMILES string of the molecule is C=C/C=C(\C)C1=CN2N=CCC(=C3c4ccccc4NC[C@H]3C)C2=NC1. The maximum atomic E-state index is 4.91. The van der Waals surface area contributed by atoms with E-state index in [2.05, 4.69) is 61.3 Å². The van der Waals surface area contributed by atoms with Gasteiger partial charge >= 0.3 is 0 Å². The number of hydrazone groups is 1. The molecule has 4 heteroatoms. The third-order valence-electron chi connectivity index (χ3n) is 5.17. The lowest BCUT2D eigenvalue weighted by Crippen LogP contribution is -2.33. The van der Waals surface area contributed by atoms with E-state index >= 15 is 0 Å². The van der Waals surface area contributed by atoms with Crippen LogP contribution in [0.2, 0.25) is 0 Å². The molecule has 1 aromatic carbocycles. The van der Waals surface area contributed by atoms with Gasteiger partial charge in [-0.3, -0.25) is 4.99 Å². The Kier molecular flexibility index (Phi) is 4.33. The van der Waals surface area contributed by atoms with Crippen molar-refractivity contribution < 1.29 is 0 Å². The molecule has 3 aliphatic heterocycles. The summed E-state index contributed by atoms with van der Waals surface area (Å²) < 4.78 is 0. The van der Waals surface area contributed by atoms with Gasteiger partial charge in [0.05, 0.1) is 6.54 Å². The lowest BCUT2D eigenvalue weighted by Gasteiger charge is -2.33. The molecule has 3 heterocycles. The van der Waals surface area contributed by atoms with Crippen molar-refractivity contribution in [3.05, 3.63) is 71.5 Å². The van der Waals surface area contributed by atoms with Crippen molar-refractivity contribution in [3.63, 3.8) is 0 Å². The highest BCUT2D eigenvalue weighted by Gasteiger charge is 2.29. The summed E-state index contributed by atoms with van der Waals surface area (Å²) in [5, 5.41) is 10.0. The van der Waals surface area contributed by atoms with E-state index in [0.29, 0.717) is 12.5 Å². The van der Waals surface area contributed by atoms with Crippen LogP contribution in [0.3, 0.4) is 0 Å². The van der Waals surface area contributed by atoms with Crippen LogP contribution in [0.5, 0.6) is 0 Å². The Balaban J connectivity index is 1.79. The third kappa shape index (κ3) is 2.81. The minimum atomic E-state index is 0.434. The van der Waals surface area contributed by atoms with Crippen LogP contribution in [0, 0.1) is 5.92 Å². The first kappa shape index (κ1) is 16.6. The maximum Gasteiger partial charge on any atom is 0.152 e. The van der Waals surface area contributed by atoms with Crippen LogP contribution in [-0.4, -0.2) is 30.1 Å². The molecular formula is C22H24N4. The summed E-state index contributed by atoms with van der Waals surface area (Å²) in [5.41, 5.74) is 7.54. The Morgan fingerprint density at radius 1 is 1.35 bits per heavy atom. The molecule has 1 N–H and O–H groups in total. The highest BCUT2D eigenvalue weighted by atomic mass is 15.5. The Bertz CT molecular complexity index is 898. The predicted molar refractivity (Wildman–Crippen MR) is 110 cm³/mol. The van der Waals surface area contributed by atoms with Crippen molar-refractivity contribution in [2.45, 2.75) is 20.3 Å². The van der Waals surface area contributed by atoms with Crippen LogP contribution in [0.15, 0.2) is 76.0 Å². The van der Waals surface area contributed by atoms with Gasteiger partial charge in [-0.15, -0.1) is 0 Å². The van der Waals surface area contributed by atoms with E-state index in [1.165, 1.54) is 33.5 Å². The number of fused-ring (bicyclic) bond motifs is 2. The lowest BCUT2D eigenvalue weighted by atomic mass is 9.83. The van der Waals surface area contributed by atoms with Crippen molar-refractivity contribution in [2.24, 2.45) is 16.0 Å². The summed E-state index contributed by atoms with van der Waals surface area (Å²) in [7, 11) is 0. The van der Waals surface area contributed by atoms with Crippen molar-refractivity contribution in [2.75, 3.05) is 18.4 Å². The predicted octanol–water partition coefficient (Wildman–Crippen LogP) is 4.62. The standard InChI is InChI=1S/C22H24N4/c1-4-7-15(2)17-13-24-22-19(10-11-25-26(22)14-17)21-16(3)12-23-20-9-6-5-8-18(20)21/h4-9,11,14,16,23H,1,10,12-13H2,2-3H3/b15-7+,21-19?/t16-/m1/s1. The van der Waals surface area contributed by atoms with E-state index in [9.17, 15) is 0 Å². The van der Waals surface area contributed by atoms with Crippen molar-refractivity contribution >= 4 is 23.3 Å². The number of rotatable bonds is 2. The molecule has 0 saturated carbocycles. The molecule has 1 aromatic rings. The van der Waals surface area contributed by atoms with E-state index in [-0.39, 0.29) is 0 Å². The van der Waals surface area contributed by atoms with Gasteiger partial charge in [0.2, 0.25) is 0 Å². The summed E-state index contributed by atoms with van der Waals surface area (Å²) in [6, 6.07) is 8.55. The van der Waals surface area contributed by atoms with Gasteiger partial charge in [0.1, 0.15) is 0 Å². The second-order valence-corrected chi connectivity index (χ2v) is 6.95. The molecule has 0 fully saturated rings. The topological polar surface area (TPSA) is 40.0 Å². The number of aliphatic imine (C=N–C) groups is 1. The molecule has 26 heavy (non-hydrogen) atoms. The van der Waals surface area contributed by atoms with Gasteiger partial charge in [0.25, 0.3) is 0 Å². The highest BCUT2D eigenvalue weighted by molar-refractivity contribution is 6.10. The number of nitrogens with zero attached hydrogens (tertiary/aromatic N) is 3. The van der Waals surface area contributed by atoms with Gasteiger partial charge in [-0.2, -0.15) is 5.10 Å². The maximum absolute atomic E-state index is 4.91. The summed E-state index contributed by atoms with van der Waals surface area (Å²) in [5.74, 6) is 1.42. The molecule has 0 spiro atoms. The van der Waals surface area contributed by atoms with Crippen molar-refractivity contribution in [1.29, 1.82) is 0 Å². The van der Waals surface area contributed by atoms with Crippen molar-refractivity contribution in [3.8, 4) is 0 Å². The zero-order chi connectivity index (χ0) is 18.1. The van der Waals surface area contributed by atoms with Crippen LogP contribution >= 0.6 is 0 Å². The average molecular weight is 344 g/mol. The molecule has 0 bridgehead atoms. The van der Waals surface area contributed by atoms with Gasteiger partial charge < -0.3 is 5.32 Å². The van der Waals surface area contributed by atoms with Gasteiger partial charge in [-0.1, -0.05) is 43.9 Å². The molecule has 3 aliphatic rings. The fourth-order valence-corrected chi connectivity index (χ4v) is 3.82. The summed E-state index contributed by atoms with van der Waals surface area (Å²) in [4.78, 5) is 4.91. The molecule has 0 amide bonds. The normalized spacial score (nSPS) is 24.9. The van der Waals surface area contributed by atoms with Crippen LogP contribution in [-0.2, 0) is 0 Å². The molecule has 0 aromatic heterocycles. The monoisotopic (exact) mass is 344 g/mol. The third-order valence-corrected chi connectivity index (χ3v) is 5.17. The molecule has 4 rings (SSSR count). The Labute approximate surface area is 155 Å². The molecule has 0 aliphatic carbocycles. The molecule has 0 radical (unpaired) electrons. The Morgan fingerprint density at radius 3 is 3.04 bits per heavy atom. The zero-order valence-electron chi connectivity index (χ0n) is 15.4. The Hall–Kier alpha value is -2.88. The fraction of sp³-hybridized carbons (Fsp3) is 0.273. The molecular weight excluding hydrogens is 320 g/mol. The van der Waals surface area contributed by atoms with Crippen LogP contribution < -0.4 is 5.32 Å². The van der Waals surface area contributed by atoms with Crippen LogP contribution in [0.4, 0.5) is 5.69 Å². The van der Waals surface area contributed by atoms with Crippen LogP contribution in [0.1, 0.15) is 25.8 Å². The number of hydrogen-bond acceptors (Lipinski definition) is 4. The minimum absolute atomic E-state index is 0.434. The molecule has 4 nitrogen and oxygen atoms in total. The summed E-state index contributed by atoms with van der Waals surface area (Å²) in [6.07, 6.45) is 8.75. The number of amidine groups is 1. The smallest absolute Gasteiger partial charge is 0.152 e. The number of benzene rings is 1. The first-order valence-electron chi connectivity index (χ1n) is 9.12. The average Bonchev–Trinajstić information content (AvgIpc) is 2.67. The molecule has 132 valence electrons. The zero-order valence-corrected chi connectivity index (χ0v) is 15.4. The van der Waals surface area contributed by atoms with E-state index in [1.54, 1.807) is 0 Å². The Morgan fingerprint density at radius 2 is 2.19 bits per heavy atom. The van der Waals surface area contributed by atoms with E-state index in [0.717, 1.165) is 18.8 Å². The van der Waals surface area contributed by atoms with E-state index in [1.807, 2.05) is 23.4 Å². The van der Waals surface area contributed by atoms with Crippen molar-refractivity contribution in [1.82, 2.24) is 5.01 Å². The fourth-order valence-electron chi connectivity index (χ4n) is 3.82. The van der Waals surface area contributed by atoms with Gasteiger partial charge in [0, 0.05) is 42.2 Å². The minimum Gasteiger partial charge on any atom is -0.384 e. The van der Waals surface area contributed by atoms with Gasteiger partial charge in [-0.05, 0) is 35.6 Å². The van der Waals surface area contributed by atoms with Crippen LogP contribution in [0.25, 0.3) is 5.57 Å². The van der Waals surface area contributed by atoms with Gasteiger partial charge in [-0.25, -0.2) is 5.01 Å². The van der Waals surface area contributed by atoms with Gasteiger partial charge in [0.15, 0.2) is 5.84 Å². The number of para-hydroxylation sites is 1. The number of hydrogen-bond donors (Lipinski definition) is 1. The quantitative estimate of drug-likeness (QED) is 0.795. The summed E-state index contributed by atoms with van der Waals surface area (Å²) >= 11 is 0. The lowest BCUT2D eigenvalue weighted by molar-refractivity contribution is 0.572. The molecule has 0 saturated heterocycles. The second kappa shape index (κ2) is 6.79. The first-order chi connectivity index (χ1) is 12.7. The second-order valence-electron chi connectivity index (χ2n) is 6.95. The number of nitrogens with one attached hydrogen (secondary N) is 1.